The molecule has 0 fully saturated rings. The molecule has 0 spiro atoms. The summed E-state index contributed by atoms with van der Waals surface area (Å²) in [5.74, 6) is 0. The van der Waals surface area contributed by atoms with Gasteiger partial charge in [0.05, 0.1) is 5.69 Å². The number of hydrogen-bond donors (Lipinski definition) is 0. The molecule has 0 saturated heterocycles. The Morgan fingerprint density at radius 2 is 0.703 bits per heavy atom. The summed E-state index contributed by atoms with van der Waals surface area (Å²) in [5, 5.41) is 14.6. The van der Waals surface area contributed by atoms with Gasteiger partial charge < -0.3 is 9.32 Å². The lowest BCUT2D eigenvalue weighted by molar-refractivity contribution is 0.673. The first-order valence-corrected chi connectivity index (χ1v) is 22.0. The summed E-state index contributed by atoms with van der Waals surface area (Å²) >= 11 is 0. The fourth-order valence-corrected chi connectivity index (χ4v) is 10.3. The van der Waals surface area contributed by atoms with Gasteiger partial charge in [0.1, 0.15) is 11.2 Å². The topological polar surface area (TPSA) is 16.4 Å². The fraction of sp³-hybridized carbons (Fsp3) is 0. The minimum atomic E-state index is 0.879. The van der Waals surface area contributed by atoms with Crippen molar-refractivity contribution in [2.24, 2.45) is 0 Å². The van der Waals surface area contributed by atoms with E-state index in [-0.39, 0.29) is 0 Å². The minimum Gasteiger partial charge on any atom is -0.455 e. The van der Waals surface area contributed by atoms with Crippen molar-refractivity contribution in [1.29, 1.82) is 0 Å². The lowest BCUT2D eigenvalue weighted by Crippen LogP contribution is -2.11. The van der Waals surface area contributed by atoms with Gasteiger partial charge in [0.15, 0.2) is 0 Å². The highest BCUT2D eigenvalue weighted by Gasteiger charge is 2.22. The number of nitrogens with zero attached hydrogens (tertiary/aromatic N) is 1. The van der Waals surface area contributed by atoms with Crippen LogP contribution in [0.3, 0.4) is 0 Å². The quantitative estimate of drug-likeness (QED) is 0.156. The van der Waals surface area contributed by atoms with Crippen LogP contribution in [0, 0.1) is 0 Å². The molecule has 0 N–H and O–H groups in total. The molecule has 0 aliphatic heterocycles. The van der Waals surface area contributed by atoms with Gasteiger partial charge in [-0.15, -0.1) is 0 Å². The van der Waals surface area contributed by atoms with Gasteiger partial charge in [-0.2, -0.15) is 0 Å². The maximum atomic E-state index is 6.70. The van der Waals surface area contributed by atoms with Gasteiger partial charge in [-0.1, -0.05) is 194 Å². The Kier molecular flexibility index (Phi) is 8.25. The smallest absolute Gasteiger partial charge is 0.143 e. The van der Waals surface area contributed by atoms with Crippen LogP contribution in [0.1, 0.15) is 0 Å². The van der Waals surface area contributed by atoms with Crippen LogP contribution in [0.4, 0.5) is 17.1 Å². The first-order valence-electron chi connectivity index (χ1n) is 22.0. The summed E-state index contributed by atoms with van der Waals surface area (Å²) < 4.78 is 6.70. The largest absolute Gasteiger partial charge is 0.455 e. The van der Waals surface area contributed by atoms with Crippen LogP contribution in [0.5, 0.6) is 0 Å². The molecule has 298 valence electrons. The normalized spacial score (nSPS) is 11.8. The average molecular weight is 814 g/mol. The van der Waals surface area contributed by atoms with Crippen molar-refractivity contribution >= 4 is 92.9 Å². The third-order valence-corrected chi connectivity index (χ3v) is 13.3. The Labute approximate surface area is 370 Å². The molecule has 2 heteroatoms. The Balaban J connectivity index is 0.982. The molecule has 1 heterocycles. The van der Waals surface area contributed by atoms with E-state index in [0.717, 1.165) is 55.5 Å². The van der Waals surface area contributed by atoms with E-state index in [2.05, 4.69) is 241 Å². The molecule has 0 aliphatic rings. The summed E-state index contributed by atoms with van der Waals surface area (Å²) in [4.78, 5) is 2.41. The molecule has 0 aliphatic carbocycles. The predicted molar refractivity (Wildman–Crippen MR) is 272 cm³/mol. The van der Waals surface area contributed by atoms with E-state index in [1.165, 1.54) is 70.7 Å². The molecule has 13 rings (SSSR count). The van der Waals surface area contributed by atoms with Crippen molar-refractivity contribution in [3.05, 3.63) is 237 Å². The molecular weight excluding hydrogens is 775 g/mol. The number of benzene rings is 12. The molecule has 0 amide bonds. The Morgan fingerprint density at radius 1 is 0.266 bits per heavy atom. The zero-order valence-corrected chi connectivity index (χ0v) is 34.9. The molecule has 1 aromatic heterocycles. The van der Waals surface area contributed by atoms with Gasteiger partial charge in [-0.25, -0.2) is 0 Å². The highest BCUT2D eigenvalue weighted by atomic mass is 16.3. The van der Waals surface area contributed by atoms with Crippen molar-refractivity contribution in [2.75, 3.05) is 4.90 Å². The van der Waals surface area contributed by atoms with Crippen molar-refractivity contribution in [2.45, 2.75) is 0 Å². The Hall–Kier alpha value is -8.46. The van der Waals surface area contributed by atoms with Crippen LogP contribution >= 0.6 is 0 Å². The second-order valence-electron chi connectivity index (χ2n) is 16.8. The molecular formula is C62H39NO. The molecule has 0 radical (unpaired) electrons. The Morgan fingerprint density at radius 3 is 1.30 bits per heavy atom. The van der Waals surface area contributed by atoms with E-state index in [1.807, 2.05) is 0 Å². The predicted octanol–water partition coefficient (Wildman–Crippen LogP) is 17.8. The van der Waals surface area contributed by atoms with Gasteiger partial charge in [0.2, 0.25) is 0 Å². The zero-order valence-electron chi connectivity index (χ0n) is 34.9. The van der Waals surface area contributed by atoms with Crippen molar-refractivity contribution < 1.29 is 4.42 Å². The van der Waals surface area contributed by atoms with E-state index in [0.29, 0.717) is 0 Å². The van der Waals surface area contributed by atoms with Crippen LogP contribution < -0.4 is 4.90 Å². The van der Waals surface area contributed by atoms with E-state index in [4.69, 9.17) is 4.42 Å². The average Bonchev–Trinajstić information content (AvgIpc) is 3.76. The summed E-state index contributed by atoms with van der Waals surface area (Å²) in [6, 6.07) is 86.0. The van der Waals surface area contributed by atoms with Gasteiger partial charge >= 0.3 is 0 Å². The first kappa shape index (κ1) is 36.2. The van der Waals surface area contributed by atoms with Gasteiger partial charge in [-0.3, -0.25) is 0 Å². The third-order valence-electron chi connectivity index (χ3n) is 13.3. The zero-order chi connectivity index (χ0) is 42.1. The second kappa shape index (κ2) is 14.6. The van der Waals surface area contributed by atoms with E-state index < -0.39 is 0 Å². The van der Waals surface area contributed by atoms with Crippen molar-refractivity contribution in [3.63, 3.8) is 0 Å². The molecule has 2 nitrogen and oxygen atoms in total. The fourth-order valence-electron chi connectivity index (χ4n) is 10.3. The SMILES string of the molecule is c1ccc(N(c2ccc(-c3cccc4c3ccc3ccccc34)cc2)c2ccc(-c3cccc4c3ccc3ccccc34)cc2)c(-c2cccc3oc4c5ccccc5ccc4c23)c1. The summed E-state index contributed by atoms with van der Waals surface area (Å²) in [5.41, 5.74) is 12.1. The maximum Gasteiger partial charge on any atom is 0.143 e. The number of furan rings is 1. The number of para-hydroxylation sites is 1. The molecule has 64 heavy (non-hydrogen) atoms. The second-order valence-corrected chi connectivity index (χ2v) is 16.8. The van der Waals surface area contributed by atoms with Gasteiger partial charge in [-0.05, 0) is 119 Å². The van der Waals surface area contributed by atoms with Crippen molar-refractivity contribution in [3.8, 4) is 33.4 Å². The highest BCUT2D eigenvalue weighted by Crippen LogP contribution is 2.47. The van der Waals surface area contributed by atoms with Gasteiger partial charge in [0, 0.05) is 33.1 Å². The number of anilines is 3. The Bertz CT molecular complexity index is 3790. The number of rotatable bonds is 6. The van der Waals surface area contributed by atoms with E-state index >= 15 is 0 Å². The minimum absolute atomic E-state index is 0.879. The van der Waals surface area contributed by atoms with Crippen LogP contribution in [-0.4, -0.2) is 0 Å². The molecule has 0 unspecified atom stereocenters. The lowest BCUT2D eigenvalue weighted by Gasteiger charge is -2.28. The third kappa shape index (κ3) is 5.73. The van der Waals surface area contributed by atoms with Crippen molar-refractivity contribution in [1.82, 2.24) is 0 Å². The van der Waals surface area contributed by atoms with E-state index in [1.54, 1.807) is 0 Å². The van der Waals surface area contributed by atoms with Crippen LogP contribution in [0.25, 0.3) is 109 Å². The molecule has 0 bridgehead atoms. The summed E-state index contributed by atoms with van der Waals surface area (Å²) in [6.07, 6.45) is 0. The standard InChI is InChI=1S/C62H39NO/c1-4-15-47-40(12-1)30-37-54-49(19-9-21-52(47)54)43-26-33-45(34-27-43)63(46-35-28-44(29-36-46)50-20-10-22-53-48-16-5-2-13-41(48)31-38-55(50)53)59-24-8-7-18-56(59)57-23-11-25-60-61(57)58-39-32-42-14-3-6-17-51(42)62(58)64-60/h1-39H. The monoisotopic (exact) mass is 813 g/mol. The highest BCUT2D eigenvalue weighted by molar-refractivity contribution is 6.20. The molecule has 0 atom stereocenters. The molecule has 12 aromatic carbocycles. The van der Waals surface area contributed by atoms with Crippen LogP contribution in [-0.2, 0) is 0 Å². The van der Waals surface area contributed by atoms with Crippen LogP contribution in [0.2, 0.25) is 0 Å². The van der Waals surface area contributed by atoms with Crippen LogP contribution in [0.15, 0.2) is 241 Å². The number of hydrogen-bond acceptors (Lipinski definition) is 2. The first-order chi connectivity index (χ1) is 31.7. The van der Waals surface area contributed by atoms with E-state index in [9.17, 15) is 0 Å². The number of fused-ring (bicyclic) bond motifs is 11. The molecule has 13 aromatic rings. The lowest BCUT2D eigenvalue weighted by atomic mass is 9.94. The summed E-state index contributed by atoms with van der Waals surface area (Å²) in [6.45, 7) is 0. The molecule has 0 saturated carbocycles. The maximum absolute atomic E-state index is 6.70. The van der Waals surface area contributed by atoms with Gasteiger partial charge in [0.25, 0.3) is 0 Å². The summed E-state index contributed by atoms with van der Waals surface area (Å²) in [7, 11) is 0.